The number of nitrogens with zero attached hydrogens (tertiary/aromatic N) is 3. The fourth-order valence-electron chi connectivity index (χ4n) is 3.56. The molecule has 0 bridgehead atoms. The number of nitrogens with one attached hydrogen (secondary N) is 1. The molecule has 6 nitrogen and oxygen atoms in total. The van der Waals surface area contributed by atoms with Crippen LogP contribution in [0, 0.1) is 6.92 Å². The first kappa shape index (κ1) is 18.1. The maximum atomic E-state index is 10.4. The van der Waals surface area contributed by atoms with Crippen molar-refractivity contribution in [3.8, 4) is 11.4 Å². The van der Waals surface area contributed by atoms with Crippen LogP contribution in [0.5, 0.6) is 5.75 Å². The summed E-state index contributed by atoms with van der Waals surface area (Å²) in [6.07, 6.45) is 6.86. The van der Waals surface area contributed by atoms with Crippen LogP contribution in [0.15, 0.2) is 84.3 Å². The summed E-state index contributed by atoms with van der Waals surface area (Å²) in [5, 5.41) is 12.7. The van der Waals surface area contributed by atoms with E-state index in [0.717, 1.165) is 27.6 Å². The zero-order valence-corrected chi connectivity index (χ0v) is 16.4. The molecule has 2 N–H and O–H groups in total. The second kappa shape index (κ2) is 7.50. The van der Waals surface area contributed by atoms with Crippen LogP contribution < -0.4 is 5.48 Å². The van der Waals surface area contributed by atoms with Crippen LogP contribution >= 0.6 is 0 Å². The molecule has 2 heterocycles. The van der Waals surface area contributed by atoms with Crippen molar-refractivity contribution in [1.82, 2.24) is 15.0 Å². The molecule has 0 spiro atoms. The van der Waals surface area contributed by atoms with Gasteiger partial charge >= 0.3 is 0 Å². The zero-order valence-electron chi connectivity index (χ0n) is 16.4. The second-order valence-corrected chi connectivity index (χ2v) is 7.16. The largest absolute Gasteiger partial charge is 0.506 e. The van der Waals surface area contributed by atoms with E-state index < -0.39 is 6.23 Å². The van der Waals surface area contributed by atoms with Gasteiger partial charge < -0.3 is 9.67 Å². The van der Waals surface area contributed by atoms with Gasteiger partial charge in [0.1, 0.15) is 11.6 Å². The second-order valence-electron chi connectivity index (χ2n) is 7.16. The Kier molecular flexibility index (Phi) is 4.53. The standard InChI is InChI=1S/C24H20N4O2/c1-16-14-28(15-25-16)21-11-9-17(13-22(21)29)10-12-23-26-24(30-27-23)20-8-4-6-18-5-2-3-7-19(18)20/h2-15,24,29H,1H3,(H,26,27)/b12-10+. The summed E-state index contributed by atoms with van der Waals surface area (Å²) in [5.41, 5.74) is 6.33. The van der Waals surface area contributed by atoms with Crippen molar-refractivity contribution < 1.29 is 9.94 Å². The number of aliphatic imine (C=N–C) groups is 1. The number of hydrogen-bond donors (Lipinski definition) is 2. The lowest BCUT2D eigenvalue weighted by Gasteiger charge is -2.09. The molecule has 3 aromatic carbocycles. The van der Waals surface area contributed by atoms with E-state index in [1.54, 1.807) is 17.0 Å². The third kappa shape index (κ3) is 3.44. The Bertz CT molecular complexity index is 1280. The smallest absolute Gasteiger partial charge is 0.203 e. The van der Waals surface area contributed by atoms with E-state index in [0.29, 0.717) is 11.5 Å². The lowest BCUT2D eigenvalue weighted by atomic mass is 10.0. The molecule has 1 aliphatic heterocycles. The fourth-order valence-corrected chi connectivity index (χ4v) is 3.56. The van der Waals surface area contributed by atoms with Crippen molar-refractivity contribution in [2.45, 2.75) is 13.2 Å². The summed E-state index contributed by atoms with van der Waals surface area (Å²) in [5.74, 6) is 0.808. The number of amidine groups is 1. The van der Waals surface area contributed by atoms with E-state index in [1.165, 1.54) is 0 Å². The van der Waals surface area contributed by atoms with Crippen LogP contribution in [0.25, 0.3) is 22.5 Å². The van der Waals surface area contributed by atoms with Crippen LogP contribution in [0.3, 0.4) is 0 Å². The van der Waals surface area contributed by atoms with Gasteiger partial charge in [-0.25, -0.2) is 20.3 Å². The van der Waals surface area contributed by atoms with Gasteiger partial charge in [0.25, 0.3) is 0 Å². The number of phenols is 1. The number of phenolic OH excluding ortho intramolecular Hbond substituents is 1. The monoisotopic (exact) mass is 396 g/mol. The molecule has 1 unspecified atom stereocenters. The van der Waals surface area contributed by atoms with Gasteiger partial charge in [-0.1, -0.05) is 54.6 Å². The number of imidazole rings is 1. The first-order chi connectivity index (χ1) is 14.7. The minimum atomic E-state index is -0.406. The molecule has 0 radical (unpaired) electrons. The number of aromatic nitrogens is 2. The van der Waals surface area contributed by atoms with Crippen LogP contribution in [-0.2, 0) is 4.84 Å². The number of aryl methyl sites for hydroxylation is 1. The van der Waals surface area contributed by atoms with Crippen LogP contribution in [0.2, 0.25) is 0 Å². The Labute approximate surface area is 173 Å². The van der Waals surface area contributed by atoms with Crippen LogP contribution in [0.1, 0.15) is 23.0 Å². The molecule has 5 rings (SSSR count). The topological polar surface area (TPSA) is 71.7 Å². The number of rotatable bonds is 4. The van der Waals surface area contributed by atoms with Crippen molar-refractivity contribution in [1.29, 1.82) is 0 Å². The number of hydroxylamine groups is 1. The van der Waals surface area contributed by atoms with E-state index >= 15 is 0 Å². The molecular formula is C24H20N4O2. The maximum Gasteiger partial charge on any atom is 0.203 e. The Morgan fingerprint density at radius 2 is 1.93 bits per heavy atom. The number of aromatic hydroxyl groups is 1. The van der Waals surface area contributed by atoms with Gasteiger partial charge in [-0.3, -0.25) is 0 Å². The van der Waals surface area contributed by atoms with Gasteiger partial charge in [-0.05, 0) is 41.5 Å². The maximum absolute atomic E-state index is 10.4. The van der Waals surface area contributed by atoms with Gasteiger partial charge in [-0.2, -0.15) is 0 Å². The zero-order chi connectivity index (χ0) is 20.5. The quantitative estimate of drug-likeness (QED) is 0.525. The SMILES string of the molecule is Cc1cn(-c2ccc(/C=C/C3=NC(c4cccc5ccccc45)ON3)cc2O)cn1. The lowest BCUT2D eigenvalue weighted by Crippen LogP contribution is -2.14. The average molecular weight is 396 g/mol. The molecule has 30 heavy (non-hydrogen) atoms. The van der Waals surface area contributed by atoms with Crippen molar-refractivity contribution in [2.75, 3.05) is 0 Å². The van der Waals surface area contributed by atoms with E-state index in [4.69, 9.17) is 4.84 Å². The highest BCUT2D eigenvalue weighted by atomic mass is 16.7. The predicted molar refractivity (Wildman–Crippen MR) is 117 cm³/mol. The van der Waals surface area contributed by atoms with Gasteiger partial charge in [0.05, 0.1) is 17.7 Å². The number of fused-ring (bicyclic) bond motifs is 1. The summed E-state index contributed by atoms with van der Waals surface area (Å²) in [6, 6.07) is 19.8. The van der Waals surface area contributed by atoms with Gasteiger partial charge in [0.2, 0.25) is 6.23 Å². The molecule has 1 aliphatic rings. The molecule has 0 fully saturated rings. The highest BCUT2D eigenvalue weighted by Gasteiger charge is 2.20. The van der Waals surface area contributed by atoms with Gasteiger partial charge in [0, 0.05) is 11.8 Å². The number of benzene rings is 3. The molecule has 0 saturated heterocycles. The molecule has 4 aromatic rings. The molecule has 0 saturated carbocycles. The van der Waals surface area contributed by atoms with E-state index in [1.807, 2.05) is 61.7 Å². The first-order valence-corrected chi connectivity index (χ1v) is 9.66. The van der Waals surface area contributed by atoms with Crippen molar-refractivity contribution in [2.24, 2.45) is 4.99 Å². The van der Waals surface area contributed by atoms with Crippen LogP contribution in [-0.4, -0.2) is 20.5 Å². The predicted octanol–water partition coefficient (Wildman–Crippen LogP) is 4.68. The molecular weight excluding hydrogens is 376 g/mol. The average Bonchev–Trinajstić information content (AvgIpc) is 3.41. The first-order valence-electron chi connectivity index (χ1n) is 9.66. The van der Waals surface area contributed by atoms with E-state index in [2.05, 4.69) is 33.7 Å². The highest BCUT2D eigenvalue weighted by Crippen LogP contribution is 2.29. The third-order valence-electron chi connectivity index (χ3n) is 5.04. The summed E-state index contributed by atoms with van der Waals surface area (Å²) in [7, 11) is 0. The highest BCUT2D eigenvalue weighted by molar-refractivity contribution is 5.97. The van der Waals surface area contributed by atoms with Crippen molar-refractivity contribution in [3.63, 3.8) is 0 Å². The van der Waals surface area contributed by atoms with Gasteiger partial charge in [0.15, 0.2) is 0 Å². The summed E-state index contributed by atoms with van der Waals surface area (Å²) < 4.78 is 1.80. The molecule has 148 valence electrons. The van der Waals surface area contributed by atoms with Crippen LogP contribution in [0.4, 0.5) is 0 Å². The van der Waals surface area contributed by atoms with Gasteiger partial charge in [-0.15, -0.1) is 0 Å². The molecule has 0 aliphatic carbocycles. The van der Waals surface area contributed by atoms with E-state index in [-0.39, 0.29) is 5.75 Å². The Morgan fingerprint density at radius 3 is 2.77 bits per heavy atom. The Hall–Kier alpha value is -3.90. The summed E-state index contributed by atoms with van der Waals surface area (Å²) in [6.45, 7) is 1.91. The fraction of sp³-hybridized carbons (Fsp3) is 0.0833. The molecule has 6 heteroatoms. The molecule has 0 amide bonds. The number of hydrogen-bond acceptors (Lipinski definition) is 5. The van der Waals surface area contributed by atoms with Crippen molar-refractivity contribution in [3.05, 3.63) is 96.1 Å². The lowest BCUT2D eigenvalue weighted by molar-refractivity contribution is 0.0387. The minimum absolute atomic E-state index is 0.181. The molecule has 1 aromatic heterocycles. The summed E-state index contributed by atoms with van der Waals surface area (Å²) >= 11 is 0. The van der Waals surface area contributed by atoms with E-state index in [9.17, 15) is 5.11 Å². The Morgan fingerprint density at radius 1 is 1.07 bits per heavy atom. The Balaban J connectivity index is 1.36. The normalized spacial score (nSPS) is 16.2. The third-order valence-corrected chi connectivity index (χ3v) is 5.04. The molecule has 1 atom stereocenters. The summed E-state index contributed by atoms with van der Waals surface area (Å²) in [4.78, 5) is 14.5. The minimum Gasteiger partial charge on any atom is -0.506 e. The van der Waals surface area contributed by atoms with Crippen molar-refractivity contribution >= 4 is 22.7 Å².